The van der Waals surface area contributed by atoms with Gasteiger partial charge in [-0.1, -0.05) is 30.3 Å². The van der Waals surface area contributed by atoms with Crippen LogP contribution in [0.3, 0.4) is 0 Å². The van der Waals surface area contributed by atoms with E-state index >= 15 is 0 Å². The summed E-state index contributed by atoms with van der Waals surface area (Å²) in [6, 6.07) is 13.3. The van der Waals surface area contributed by atoms with Crippen LogP contribution in [-0.4, -0.2) is 22.9 Å². The average Bonchev–Trinajstić information content (AvgIpc) is 2.89. The highest BCUT2D eigenvalue weighted by Crippen LogP contribution is 2.14. The van der Waals surface area contributed by atoms with Gasteiger partial charge in [-0.15, -0.1) is 0 Å². The van der Waals surface area contributed by atoms with Gasteiger partial charge in [0.05, 0.1) is 13.0 Å². The molecule has 0 saturated carbocycles. The smallest absolute Gasteiger partial charge is 0.305 e. The van der Waals surface area contributed by atoms with E-state index < -0.39 is 0 Å². The number of ether oxygens (including phenoxy) is 1. The first-order chi connectivity index (χ1) is 11.1. The molecule has 0 spiro atoms. The highest BCUT2D eigenvalue weighted by Gasteiger charge is 2.12. The SMILES string of the molecule is CCOC(=O)CCCn1c(C)ccc1CC(=O)c1ccccc1. The van der Waals surface area contributed by atoms with Crippen molar-refractivity contribution in [3.8, 4) is 0 Å². The van der Waals surface area contributed by atoms with Crippen molar-refractivity contribution in [2.75, 3.05) is 6.61 Å². The van der Waals surface area contributed by atoms with Gasteiger partial charge in [0.15, 0.2) is 5.78 Å². The van der Waals surface area contributed by atoms with E-state index in [-0.39, 0.29) is 11.8 Å². The summed E-state index contributed by atoms with van der Waals surface area (Å²) in [5, 5.41) is 0. The summed E-state index contributed by atoms with van der Waals surface area (Å²) < 4.78 is 7.05. The molecule has 1 aromatic carbocycles. The molecule has 4 nitrogen and oxygen atoms in total. The van der Waals surface area contributed by atoms with Crippen LogP contribution in [0.2, 0.25) is 0 Å². The normalized spacial score (nSPS) is 10.5. The molecular formula is C19H23NO3. The number of ketones is 1. The molecule has 23 heavy (non-hydrogen) atoms. The van der Waals surface area contributed by atoms with E-state index in [0.717, 1.165) is 23.5 Å². The quantitative estimate of drug-likeness (QED) is 0.553. The lowest BCUT2D eigenvalue weighted by atomic mass is 10.1. The van der Waals surface area contributed by atoms with E-state index in [1.807, 2.05) is 49.4 Å². The molecule has 0 bridgehead atoms. The number of hydrogen-bond acceptors (Lipinski definition) is 3. The van der Waals surface area contributed by atoms with E-state index in [2.05, 4.69) is 4.57 Å². The zero-order chi connectivity index (χ0) is 16.7. The Morgan fingerprint density at radius 1 is 1.09 bits per heavy atom. The second-order valence-electron chi connectivity index (χ2n) is 5.49. The first-order valence-corrected chi connectivity index (χ1v) is 8.00. The van der Waals surface area contributed by atoms with Gasteiger partial charge >= 0.3 is 5.97 Å². The summed E-state index contributed by atoms with van der Waals surface area (Å²) in [6.07, 6.45) is 1.48. The van der Waals surface area contributed by atoms with Crippen LogP contribution >= 0.6 is 0 Å². The topological polar surface area (TPSA) is 48.3 Å². The summed E-state index contributed by atoms with van der Waals surface area (Å²) in [6.45, 7) is 4.95. The minimum atomic E-state index is -0.167. The molecule has 1 heterocycles. The molecule has 0 radical (unpaired) electrons. The van der Waals surface area contributed by atoms with Gasteiger partial charge in [-0.3, -0.25) is 9.59 Å². The molecule has 0 aliphatic heterocycles. The Labute approximate surface area is 137 Å². The first-order valence-electron chi connectivity index (χ1n) is 8.00. The van der Waals surface area contributed by atoms with Crippen molar-refractivity contribution >= 4 is 11.8 Å². The summed E-state index contributed by atoms with van der Waals surface area (Å²) in [5.41, 5.74) is 2.81. The fourth-order valence-corrected chi connectivity index (χ4v) is 2.60. The van der Waals surface area contributed by atoms with Crippen molar-refractivity contribution in [1.29, 1.82) is 0 Å². The standard InChI is InChI=1S/C19H23NO3/c1-3-23-19(22)10-7-13-20-15(2)11-12-17(20)14-18(21)16-8-5-4-6-9-16/h4-6,8-9,11-12H,3,7,10,13-14H2,1-2H3. The van der Waals surface area contributed by atoms with Crippen molar-refractivity contribution in [2.24, 2.45) is 0 Å². The Balaban J connectivity index is 1.98. The van der Waals surface area contributed by atoms with Gasteiger partial charge in [0, 0.05) is 29.9 Å². The van der Waals surface area contributed by atoms with Crippen LogP contribution in [0, 0.1) is 6.92 Å². The molecule has 122 valence electrons. The lowest BCUT2D eigenvalue weighted by molar-refractivity contribution is -0.143. The minimum absolute atomic E-state index is 0.107. The lowest BCUT2D eigenvalue weighted by Crippen LogP contribution is -2.12. The number of aromatic nitrogens is 1. The largest absolute Gasteiger partial charge is 0.466 e. The summed E-state index contributed by atoms with van der Waals surface area (Å²) in [5.74, 6) is -0.0606. The molecule has 4 heteroatoms. The van der Waals surface area contributed by atoms with E-state index in [0.29, 0.717) is 25.9 Å². The van der Waals surface area contributed by atoms with E-state index in [1.54, 1.807) is 6.92 Å². The molecule has 0 N–H and O–H groups in total. The van der Waals surface area contributed by atoms with E-state index in [1.165, 1.54) is 0 Å². The molecular weight excluding hydrogens is 290 g/mol. The third-order valence-corrected chi connectivity index (χ3v) is 3.79. The van der Waals surface area contributed by atoms with Crippen LogP contribution < -0.4 is 0 Å². The molecule has 0 aliphatic carbocycles. The predicted molar refractivity (Wildman–Crippen MR) is 89.5 cm³/mol. The van der Waals surface area contributed by atoms with Crippen LogP contribution in [0.25, 0.3) is 0 Å². The molecule has 0 unspecified atom stereocenters. The van der Waals surface area contributed by atoms with Gasteiger partial charge in [0.25, 0.3) is 0 Å². The number of hydrogen-bond donors (Lipinski definition) is 0. The van der Waals surface area contributed by atoms with Crippen molar-refractivity contribution in [3.05, 3.63) is 59.4 Å². The summed E-state index contributed by atoms with van der Waals surface area (Å²) in [4.78, 5) is 23.8. The second kappa shape index (κ2) is 8.32. The molecule has 0 fully saturated rings. The fourth-order valence-electron chi connectivity index (χ4n) is 2.60. The molecule has 0 atom stereocenters. The summed E-state index contributed by atoms with van der Waals surface area (Å²) in [7, 11) is 0. The van der Waals surface area contributed by atoms with Gasteiger partial charge in [-0.05, 0) is 32.4 Å². The number of Topliss-reactive ketones (excluding diaryl/α,β-unsaturated/α-hetero) is 1. The lowest BCUT2D eigenvalue weighted by Gasteiger charge is -2.11. The Hall–Kier alpha value is -2.36. The highest BCUT2D eigenvalue weighted by atomic mass is 16.5. The number of carbonyl (C=O) groups excluding carboxylic acids is 2. The Morgan fingerprint density at radius 2 is 1.83 bits per heavy atom. The minimum Gasteiger partial charge on any atom is -0.466 e. The fraction of sp³-hybridized carbons (Fsp3) is 0.368. The highest BCUT2D eigenvalue weighted by molar-refractivity contribution is 5.97. The van der Waals surface area contributed by atoms with Gasteiger partial charge in [-0.25, -0.2) is 0 Å². The first kappa shape index (κ1) is 17.0. The molecule has 2 aromatic rings. The van der Waals surface area contributed by atoms with Crippen LogP contribution in [0.15, 0.2) is 42.5 Å². The number of nitrogens with zero attached hydrogens (tertiary/aromatic N) is 1. The zero-order valence-corrected chi connectivity index (χ0v) is 13.7. The predicted octanol–water partition coefficient (Wildman–Crippen LogP) is 3.57. The molecule has 0 aliphatic rings. The Morgan fingerprint density at radius 3 is 2.52 bits per heavy atom. The van der Waals surface area contributed by atoms with Gasteiger partial charge in [0.1, 0.15) is 0 Å². The second-order valence-corrected chi connectivity index (χ2v) is 5.49. The van der Waals surface area contributed by atoms with Gasteiger partial charge in [0.2, 0.25) is 0 Å². The molecule has 0 saturated heterocycles. The maximum atomic E-state index is 12.4. The van der Waals surface area contributed by atoms with Gasteiger partial charge < -0.3 is 9.30 Å². The summed E-state index contributed by atoms with van der Waals surface area (Å²) >= 11 is 0. The monoisotopic (exact) mass is 313 g/mol. The van der Waals surface area contributed by atoms with Crippen molar-refractivity contribution in [1.82, 2.24) is 4.57 Å². The number of aryl methyl sites for hydroxylation is 1. The molecule has 0 amide bonds. The van der Waals surface area contributed by atoms with Crippen LogP contribution in [0.1, 0.15) is 41.5 Å². The molecule has 1 aromatic heterocycles. The maximum absolute atomic E-state index is 12.4. The third kappa shape index (κ3) is 4.81. The van der Waals surface area contributed by atoms with Crippen LogP contribution in [0.4, 0.5) is 0 Å². The third-order valence-electron chi connectivity index (χ3n) is 3.79. The van der Waals surface area contributed by atoms with Crippen molar-refractivity contribution in [2.45, 2.75) is 39.7 Å². The number of esters is 1. The number of rotatable bonds is 8. The Bertz CT molecular complexity index is 659. The van der Waals surface area contributed by atoms with E-state index in [4.69, 9.17) is 4.74 Å². The zero-order valence-electron chi connectivity index (χ0n) is 13.7. The number of benzene rings is 1. The van der Waals surface area contributed by atoms with Crippen molar-refractivity contribution in [3.63, 3.8) is 0 Å². The van der Waals surface area contributed by atoms with Crippen LogP contribution in [-0.2, 0) is 22.5 Å². The Kier molecular flexibility index (Phi) is 6.15. The van der Waals surface area contributed by atoms with Crippen molar-refractivity contribution < 1.29 is 14.3 Å². The van der Waals surface area contributed by atoms with Gasteiger partial charge in [-0.2, -0.15) is 0 Å². The maximum Gasteiger partial charge on any atom is 0.305 e. The van der Waals surface area contributed by atoms with Crippen LogP contribution in [0.5, 0.6) is 0 Å². The molecule has 2 rings (SSSR count). The average molecular weight is 313 g/mol. The number of carbonyl (C=O) groups is 2. The van der Waals surface area contributed by atoms with E-state index in [9.17, 15) is 9.59 Å².